The lowest BCUT2D eigenvalue weighted by Crippen LogP contribution is -2.36. The molecule has 2 heterocycles. The van der Waals surface area contributed by atoms with E-state index in [0.29, 0.717) is 11.3 Å². The zero-order chi connectivity index (χ0) is 16.5. The van der Waals surface area contributed by atoms with Crippen LogP contribution in [0.3, 0.4) is 0 Å². The van der Waals surface area contributed by atoms with Gasteiger partial charge in [-0.15, -0.1) is 0 Å². The molecule has 1 aliphatic heterocycles. The number of para-hydroxylation sites is 1. The average molecular weight is 322 g/mol. The summed E-state index contributed by atoms with van der Waals surface area (Å²) in [4.78, 5) is 14.7. The van der Waals surface area contributed by atoms with Crippen molar-refractivity contribution < 1.29 is 14.1 Å². The molecular weight excluding hydrogens is 304 g/mol. The highest BCUT2D eigenvalue weighted by Gasteiger charge is 2.24. The molecule has 1 amide bonds. The number of carbonyl (C=O) groups excluding carboxylic acids is 1. The molecule has 0 fully saturated rings. The SMILES string of the molecule is COc1ccc2c(c1)CCCN2C(=O)Cc1noc2ccccc12. The highest BCUT2D eigenvalue weighted by atomic mass is 16.5. The summed E-state index contributed by atoms with van der Waals surface area (Å²) in [5.74, 6) is 0.866. The standard InChI is InChI=1S/C19H18N2O3/c1-23-14-8-9-17-13(11-14)5-4-10-21(17)19(22)12-16-15-6-2-3-7-18(15)24-20-16/h2-3,6-9,11H,4-5,10,12H2,1H3. The third kappa shape index (κ3) is 2.52. The van der Waals surface area contributed by atoms with E-state index in [1.54, 1.807) is 7.11 Å². The Balaban J connectivity index is 1.62. The summed E-state index contributed by atoms with van der Waals surface area (Å²) in [6.07, 6.45) is 2.15. The van der Waals surface area contributed by atoms with Crippen LogP contribution < -0.4 is 9.64 Å². The molecule has 2 aromatic carbocycles. The van der Waals surface area contributed by atoms with Gasteiger partial charge in [0.1, 0.15) is 11.4 Å². The molecule has 0 unspecified atom stereocenters. The number of ether oxygens (including phenoxy) is 1. The molecule has 0 bridgehead atoms. The van der Waals surface area contributed by atoms with Crippen molar-refractivity contribution in [1.82, 2.24) is 5.16 Å². The van der Waals surface area contributed by atoms with Crippen molar-refractivity contribution in [1.29, 1.82) is 0 Å². The molecule has 122 valence electrons. The van der Waals surface area contributed by atoms with Crippen LogP contribution in [-0.2, 0) is 17.6 Å². The van der Waals surface area contributed by atoms with Crippen molar-refractivity contribution in [2.45, 2.75) is 19.3 Å². The highest BCUT2D eigenvalue weighted by molar-refractivity contribution is 5.97. The van der Waals surface area contributed by atoms with E-state index in [0.717, 1.165) is 41.8 Å². The summed E-state index contributed by atoms with van der Waals surface area (Å²) in [6.45, 7) is 0.730. The first-order valence-corrected chi connectivity index (χ1v) is 8.07. The summed E-state index contributed by atoms with van der Waals surface area (Å²) >= 11 is 0. The topological polar surface area (TPSA) is 55.6 Å². The minimum atomic E-state index is 0.0418. The normalized spacial score (nSPS) is 13.8. The maximum absolute atomic E-state index is 12.8. The van der Waals surface area contributed by atoms with E-state index in [-0.39, 0.29) is 12.3 Å². The van der Waals surface area contributed by atoms with Crippen LogP contribution in [0.15, 0.2) is 47.0 Å². The first-order chi connectivity index (χ1) is 11.8. The van der Waals surface area contributed by atoms with Gasteiger partial charge in [-0.25, -0.2) is 0 Å². The first-order valence-electron chi connectivity index (χ1n) is 8.07. The van der Waals surface area contributed by atoms with Crippen LogP contribution in [0.5, 0.6) is 5.75 Å². The maximum Gasteiger partial charge on any atom is 0.233 e. The predicted molar refractivity (Wildman–Crippen MR) is 91.4 cm³/mol. The van der Waals surface area contributed by atoms with Gasteiger partial charge in [0, 0.05) is 17.6 Å². The number of hydrogen-bond donors (Lipinski definition) is 0. The van der Waals surface area contributed by atoms with E-state index in [1.807, 2.05) is 47.4 Å². The number of rotatable bonds is 3. The quantitative estimate of drug-likeness (QED) is 0.742. The largest absolute Gasteiger partial charge is 0.497 e. The molecule has 0 saturated carbocycles. The predicted octanol–water partition coefficient (Wildman–Crippen LogP) is 3.36. The number of aromatic nitrogens is 1. The van der Waals surface area contributed by atoms with Crippen LogP contribution in [0.25, 0.3) is 11.0 Å². The van der Waals surface area contributed by atoms with Crippen molar-refractivity contribution >= 4 is 22.6 Å². The lowest BCUT2D eigenvalue weighted by Gasteiger charge is -2.29. The van der Waals surface area contributed by atoms with E-state index < -0.39 is 0 Å². The average Bonchev–Trinajstić information content (AvgIpc) is 3.03. The summed E-state index contributed by atoms with van der Waals surface area (Å²) in [6, 6.07) is 13.5. The number of hydrogen-bond acceptors (Lipinski definition) is 4. The fourth-order valence-corrected chi connectivity index (χ4v) is 3.26. The Hall–Kier alpha value is -2.82. The van der Waals surface area contributed by atoms with Gasteiger partial charge in [-0.2, -0.15) is 0 Å². The van der Waals surface area contributed by atoms with Gasteiger partial charge >= 0.3 is 0 Å². The second-order valence-electron chi connectivity index (χ2n) is 5.95. The maximum atomic E-state index is 12.8. The van der Waals surface area contributed by atoms with Crippen molar-refractivity contribution in [2.75, 3.05) is 18.6 Å². The molecule has 24 heavy (non-hydrogen) atoms. The molecule has 5 nitrogen and oxygen atoms in total. The van der Waals surface area contributed by atoms with Crippen LogP contribution >= 0.6 is 0 Å². The molecule has 0 atom stereocenters. The van der Waals surface area contributed by atoms with Crippen LogP contribution in [0.4, 0.5) is 5.69 Å². The molecule has 3 aromatic rings. The molecule has 1 aliphatic rings. The Morgan fingerprint density at radius 2 is 2.17 bits per heavy atom. The molecule has 0 spiro atoms. The molecule has 0 saturated heterocycles. The van der Waals surface area contributed by atoms with E-state index in [1.165, 1.54) is 0 Å². The lowest BCUT2D eigenvalue weighted by molar-refractivity contribution is -0.118. The number of aryl methyl sites for hydroxylation is 1. The Morgan fingerprint density at radius 1 is 1.29 bits per heavy atom. The molecule has 0 aliphatic carbocycles. The number of carbonyl (C=O) groups is 1. The van der Waals surface area contributed by atoms with Gasteiger partial charge in [0.25, 0.3) is 0 Å². The van der Waals surface area contributed by atoms with E-state index in [9.17, 15) is 4.79 Å². The van der Waals surface area contributed by atoms with Crippen LogP contribution in [-0.4, -0.2) is 24.7 Å². The van der Waals surface area contributed by atoms with Crippen molar-refractivity contribution in [3.05, 3.63) is 53.7 Å². The van der Waals surface area contributed by atoms with Gasteiger partial charge in [0.2, 0.25) is 5.91 Å². The highest BCUT2D eigenvalue weighted by Crippen LogP contribution is 2.31. The zero-order valence-electron chi connectivity index (χ0n) is 13.5. The third-order valence-corrected chi connectivity index (χ3v) is 4.48. The smallest absolute Gasteiger partial charge is 0.233 e. The molecule has 0 N–H and O–H groups in total. The second kappa shape index (κ2) is 6.00. The van der Waals surface area contributed by atoms with Gasteiger partial charge in [-0.05, 0) is 48.7 Å². The van der Waals surface area contributed by atoms with Gasteiger partial charge in [-0.3, -0.25) is 4.79 Å². The number of methoxy groups -OCH3 is 1. The van der Waals surface area contributed by atoms with Crippen molar-refractivity contribution in [3.63, 3.8) is 0 Å². The van der Waals surface area contributed by atoms with E-state index in [2.05, 4.69) is 5.16 Å². The Morgan fingerprint density at radius 3 is 3.04 bits per heavy atom. The Labute approximate surface area is 139 Å². The number of nitrogens with zero attached hydrogens (tertiary/aromatic N) is 2. The molecular formula is C19H18N2O3. The lowest BCUT2D eigenvalue weighted by atomic mass is 10.0. The minimum absolute atomic E-state index is 0.0418. The Kier molecular flexibility index (Phi) is 3.69. The number of amides is 1. The molecule has 5 heteroatoms. The monoisotopic (exact) mass is 322 g/mol. The minimum Gasteiger partial charge on any atom is -0.497 e. The van der Waals surface area contributed by atoms with Crippen LogP contribution in [0.2, 0.25) is 0 Å². The molecule has 0 radical (unpaired) electrons. The van der Waals surface area contributed by atoms with Crippen molar-refractivity contribution in [3.8, 4) is 5.75 Å². The van der Waals surface area contributed by atoms with E-state index >= 15 is 0 Å². The summed E-state index contributed by atoms with van der Waals surface area (Å²) < 4.78 is 10.6. The summed E-state index contributed by atoms with van der Waals surface area (Å²) in [5, 5.41) is 4.97. The van der Waals surface area contributed by atoms with Gasteiger partial charge < -0.3 is 14.2 Å². The molecule has 4 rings (SSSR count). The zero-order valence-corrected chi connectivity index (χ0v) is 13.5. The van der Waals surface area contributed by atoms with Gasteiger partial charge in [0.05, 0.1) is 13.5 Å². The van der Waals surface area contributed by atoms with Crippen LogP contribution in [0.1, 0.15) is 17.7 Å². The second-order valence-corrected chi connectivity index (χ2v) is 5.95. The van der Waals surface area contributed by atoms with Crippen LogP contribution in [0, 0.1) is 0 Å². The number of fused-ring (bicyclic) bond motifs is 2. The van der Waals surface area contributed by atoms with E-state index in [4.69, 9.17) is 9.26 Å². The summed E-state index contributed by atoms with van der Waals surface area (Å²) in [7, 11) is 1.66. The summed E-state index contributed by atoms with van der Waals surface area (Å²) in [5.41, 5.74) is 3.53. The first kappa shape index (κ1) is 14.8. The fourth-order valence-electron chi connectivity index (χ4n) is 3.26. The number of benzene rings is 2. The van der Waals surface area contributed by atoms with Crippen molar-refractivity contribution in [2.24, 2.45) is 0 Å². The van der Waals surface area contributed by atoms with Gasteiger partial charge in [-0.1, -0.05) is 17.3 Å². The Bertz CT molecular complexity index is 901. The molecule has 1 aromatic heterocycles. The number of anilines is 1. The fraction of sp³-hybridized carbons (Fsp3) is 0.263. The third-order valence-electron chi connectivity index (χ3n) is 4.48. The van der Waals surface area contributed by atoms with Gasteiger partial charge in [0.15, 0.2) is 5.58 Å².